The van der Waals surface area contributed by atoms with Crippen LogP contribution in [0.4, 0.5) is 0 Å². The zero-order valence-electron chi connectivity index (χ0n) is 7.49. The second-order valence-corrected chi connectivity index (χ2v) is 6.12. The molecule has 0 aromatic rings. The molecule has 1 atom stereocenters. The van der Waals surface area contributed by atoms with E-state index in [9.17, 15) is 8.42 Å². The lowest BCUT2D eigenvalue weighted by Gasteiger charge is -2.10. The van der Waals surface area contributed by atoms with E-state index in [-0.39, 0.29) is 5.25 Å². The van der Waals surface area contributed by atoms with Gasteiger partial charge in [0.05, 0.1) is 11.0 Å². The molecule has 1 saturated carbocycles. The lowest BCUT2D eigenvalue weighted by Crippen LogP contribution is -2.24. The predicted octanol–water partition coefficient (Wildman–Crippen LogP) is 0.548. The molecule has 12 heavy (non-hydrogen) atoms. The maximum Gasteiger partial charge on any atom is 0.153 e. The molecule has 0 aliphatic heterocycles. The first-order valence-corrected chi connectivity index (χ1v) is 6.19. The van der Waals surface area contributed by atoms with Gasteiger partial charge in [-0.2, -0.15) is 0 Å². The molecular weight excluding hydrogens is 174 g/mol. The Kier molecular flexibility index (Phi) is 3.12. The summed E-state index contributed by atoms with van der Waals surface area (Å²) in [5.74, 6) is 0.837. The van der Waals surface area contributed by atoms with Gasteiger partial charge in [-0.1, -0.05) is 0 Å². The van der Waals surface area contributed by atoms with Crippen LogP contribution in [0, 0.1) is 5.92 Å². The van der Waals surface area contributed by atoms with Crippen molar-refractivity contribution in [3.8, 4) is 0 Å². The predicted molar refractivity (Wildman–Crippen MR) is 49.6 cm³/mol. The van der Waals surface area contributed by atoms with Crippen LogP contribution in [-0.4, -0.2) is 26.0 Å². The van der Waals surface area contributed by atoms with Crippen LogP contribution in [-0.2, 0) is 9.84 Å². The fourth-order valence-corrected chi connectivity index (χ4v) is 3.01. The molecule has 0 bridgehead atoms. The average Bonchev–Trinajstić information content (AvgIpc) is 2.71. The van der Waals surface area contributed by atoms with Gasteiger partial charge in [-0.3, -0.25) is 0 Å². The summed E-state index contributed by atoms with van der Waals surface area (Å²) < 4.78 is 23.0. The van der Waals surface area contributed by atoms with E-state index in [1.807, 2.05) is 0 Å². The van der Waals surface area contributed by atoms with Crippen molar-refractivity contribution in [2.24, 2.45) is 11.7 Å². The molecule has 3 nitrogen and oxygen atoms in total. The smallest absolute Gasteiger partial charge is 0.153 e. The van der Waals surface area contributed by atoms with E-state index in [4.69, 9.17) is 5.73 Å². The lowest BCUT2D eigenvalue weighted by atomic mass is 10.3. The first-order chi connectivity index (χ1) is 5.56. The molecule has 1 fully saturated rings. The van der Waals surface area contributed by atoms with Crippen LogP contribution in [0.3, 0.4) is 0 Å². The number of hydrogen-bond acceptors (Lipinski definition) is 3. The van der Waals surface area contributed by atoms with Crippen LogP contribution in [0.2, 0.25) is 0 Å². The monoisotopic (exact) mass is 191 g/mol. The van der Waals surface area contributed by atoms with Crippen molar-refractivity contribution in [1.29, 1.82) is 0 Å². The Morgan fingerprint density at radius 3 is 2.50 bits per heavy atom. The summed E-state index contributed by atoms with van der Waals surface area (Å²) in [4.78, 5) is 0. The fourth-order valence-electron chi connectivity index (χ4n) is 1.19. The van der Waals surface area contributed by atoms with Gasteiger partial charge < -0.3 is 5.73 Å². The minimum atomic E-state index is -2.84. The van der Waals surface area contributed by atoms with Crippen LogP contribution in [0.1, 0.15) is 26.2 Å². The molecule has 72 valence electrons. The Bertz CT molecular complexity index is 231. The molecule has 1 rings (SSSR count). The quantitative estimate of drug-likeness (QED) is 0.690. The highest BCUT2D eigenvalue weighted by atomic mass is 32.2. The second kappa shape index (κ2) is 3.75. The van der Waals surface area contributed by atoms with Gasteiger partial charge in [-0.25, -0.2) is 8.42 Å². The van der Waals surface area contributed by atoms with Gasteiger partial charge in [0, 0.05) is 0 Å². The molecular formula is C8H17NO2S. The zero-order valence-corrected chi connectivity index (χ0v) is 8.31. The summed E-state index contributed by atoms with van der Waals surface area (Å²) >= 11 is 0. The molecule has 0 aromatic heterocycles. The number of hydrogen-bond donors (Lipinski definition) is 1. The standard InChI is InChI=1S/C8H17NO2S/c1-7(4-5-9)12(10,11)6-8-2-3-8/h7-8H,2-6,9H2,1H3. The van der Waals surface area contributed by atoms with Gasteiger partial charge >= 0.3 is 0 Å². The third-order valence-electron chi connectivity index (χ3n) is 2.35. The van der Waals surface area contributed by atoms with Gasteiger partial charge in [0.2, 0.25) is 0 Å². The molecule has 0 aromatic carbocycles. The van der Waals surface area contributed by atoms with Crippen LogP contribution >= 0.6 is 0 Å². The van der Waals surface area contributed by atoms with Crippen LogP contribution < -0.4 is 5.73 Å². The molecule has 0 spiro atoms. The summed E-state index contributed by atoms with van der Waals surface area (Å²) in [5, 5.41) is -0.247. The number of rotatable bonds is 5. The molecule has 1 aliphatic carbocycles. The van der Waals surface area contributed by atoms with Gasteiger partial charge in [-0.05, 0) is 38.6 Å². The van der Waals surface area contributed by atoms with Crippen molar-refractivity contribution < 1.29 is 8.42 Å². The third kappa shape index (κ3) is 2.75. The maximum atomic E-state index is 11.5. The molecule has 0 heterocycles. The first-order valence-electron chi connectivity index (χ1n) is 4.48. The zero-order chi connectivity index (χ0) is 9.19. The summed E-state index contributed by atoms with van der Waals surface area (Å²) in [5.41, 5.74) is 5.31. The fraction of sp³-hybridized carbons (Fsp3) is 1.00. The Morgan fingerprint density at radius 2 is 2.08 bits per heavy atom. The first kappa shape index (κ1) is 9.99. The van der Waals surface area contributed by atoms with Gasteiger partial charge in [-0.15, -0.1) is 0 Å². The molecule has 0 radical (unpaired) electrons. The Balaban J connectivity index is 2.44. The van der Waals surface area contributed by atoms with Crippen LogP contribution in [0.15, 0.2) is 0 Å². The highest BCUT2D eigenvalue weighted by Crippen LogP contribution is 2.31. The van der Waals surface area contributed by atoms with Gasteiger partial charge in [0.25, 0.3) is 0 Å². The van der Waals surface area contributed by atoms with Gasteiger partial charge in [0.15, 0.2) is 9.84 Å². The van der Waals surface area contributed by atoms with Crippen LogP contribution in [0.5, 0.6) is 0 Å². The minimum Gasteiger partial charge on any atom is -0.330 e. The van der Waals surface area contributed by atoms with Crippen LogP contribution in [0.25, 0.3) is 0 Å². The van der Waals surface area contributed by atoms with E-state index in [2.05, 4.69) is 0 Å². The highest BCUT2D eigenvalue weighted by molar-refractivity contribution is 7.92. The molecule has 0 saturated heterocycles. The van der Waals surface area contributed by atoms with Crippen molar-refractivity contribution in [2.75, 3.05) is 12.3 Å². The van der Waals surface area contributed by atoms with E-state index in [0.29, 0.717) is 24.6 Å². The third-order valence-corrected chi connectivity index (χ3v) is 4.75. The largest absolute Gasteiger partial charge is 0.330 e. The SMILES string of the molecule is CC(CCN)S(=O)(=O)CC1CC1. The Labute approximate surface area is 74.3 Å². The molecule has 1 aliphatic rings. The van der Waals surface area contributed by atoms with Gasteiger partial charge in [0.1, 0.15) is 0 Å². The van der Waals surface area contributed by atoms with Crippen molar-refractivity contribution in [1.82, 2.24) is 0 Å². The molecule has 4 heteroatoms. The van der Waals surface area contributed by atoms with Crippen molar-refractivity contribution >= 4 is 9.84 Å². The topological polar surface area (TPSA) is 60.2 Å². The second-order valence-electron chi connectivity index (χ2n) is 3.66. The lowest BCUT2D eigenvalue weighted by molar-refractivity contribution is 0.574. The normalized spacial score (nSPS) is 20.8. The maximum absolute atomic E-state index is 11.5. The van der Waals surface area contributed by atoms with E-state index in [1.54, 1.807) is 6.92 Å². The molecule has 2 N–H and O–H groups in total. The Morgan fingerprint density at radius 1 is 1.50 bits per heavy atom. The van der Waals surface area contributed by atoms with Crippen molar-refractivity contribution in [2.45, 2.75) is 31.4 Å². The van der Waals surface area contributed by atoms with Crippen molar-refractivity contribution in [3.63, 3.8) is 0 Å². The van der Waals surface area contributed by atoms with E-state index in [0.717, 1.165) is 12.8 Å². The van der Waals surface area contributed by atoms with E-state index >= 15 is 0 Å². The van der Waals surface area contributed by atoms with E-state index in [1.165, 1.54) is 0 Å². The van der Waals surface area contributed by atoms with E-state index < -0.39 is 9.84 Å². The summed E-state index contributed by atoms with van der Waals surface area (Å²) in [6.45, 7) is 2.22. The minimum absolute atomic E-state index is 0.247. The van der Waals surface area contributed by atoms with Crippen molar-refractivity contribution in [3.05, 3.63) is 0 Å². The number of sulfone groups is 1. The highest BCUT2D eigenvalue weighted by Gasteiger charge is 2.30. The summed E-state index contributed by atoms with van der Waals surface area (Å²) in [6, 6.07) is 0. The number of nitrogens with two attached hydrogens (primary N) is 1. The Hall–Kier alpha value is -0.0900. The average molecular weight is 191 g/mol. The molecule has 0 amide bonds. The summed E-state index contributed by atoms with van der Waals surface area (Å²) in [7, 11) is -2.84. The summed E-state index contributed by atoms with van der Waals surface area (Å²) in [6.07, 6.45) is 2.78. The molecule has 1 unspecified atom stereocenters.